The van der Waals surface area contributed by atoms with Crippen LogP contribution in [0, 0.1) is 0 Å². The van der Waals surface area contributed by atoms with Crippen LogP contribution in [0.4, 0.5) is 0 Å². The van der Waals surface area contributed by atoms with Gasteiger partial charge in [-0.25, -0.2) is 9.97 Å². The average Bonchev–Trinajstić information content (AvgIpc) is 3.51. The van der Waals surface area contributed by atoms with Gasteiger partial charge < -0.3 is 0 Å². The number of hydrogen-bond donors (Lipinski definition) is 0. The van der Waals surface area contributed by atoms with E-state index in [9.17, 15) is 0 Å². The molecule has 0 aliphatic heterocycles. The van der Waals surface area contributed by atoms with Gasteiger partial charge in [-0.2, -0.15) is 0 Å². The fourth-order valence-electron chi connectivity index (χ4n) is 9.32. The fraction of sp³-hybridized carbons (Fsp3) is 0.0545. The molecule has 0 N–H and O–H groups in total. The lowest BCUT2D eigenvalue weighted by Gasteiger charge is -2.24. The molecule has 0 spiro atoms. The molecule has 9 aromatic carbocycles. The molecule has 0 fully saturated rings. The Kier molecular flexibility index (Phi) is 7.55. The quantitative estimate of drug-likeness (QED) is 0.130. The van der Waals surface area contributed by atoms with E-state index in [1.165, 1.54) is 76.8 Å². The molecular weight excluding hydrogens is 689 g/mol. The van der Waals surface area contributed by atoms with E-state index in [0.717, 1.165) is 28.1 Å². The molecule has 2 nitrogen and oxygen atoms in total. The van der Waals surface area contributed by atoms with Crippen molar-refractivity contribution in [3.8, 4) is 67.3 Å². The van der Waals surface area contributed by atoms with Gasteiger partial charge in [0.05, 0.1) is 11.4 Å². The maximum Gasteiger partial charge on any atom is 0.160 e. The summed E-state index contributed by atoms with van der Waals surface area (Å²) in [5.74, 6) is 0.704. The van der Waals surface area contributed by atoms with Crippen molar-refractivity contribution in [2.45, 2.75) is 19.3 Å². The third-order valence-electron chi connectivity index (χ3n) is 12.1. The predicted molar refractivity (Wildman–Crippen MR) is 239 cm³/mol. The first-order valence-corrected chi connectivity index (χ1v) is 19.7. The van der Waals surface area contributed by atoms with E-state index in [4.69, 9.17) is 9.97 Å². The number of rotatable bonds is 5. The van der Waals surface area contributed by atoms with Gasteiger partial charge in [-0.05, 0) is 89.0 Å². The summed E-state index contributed by atoms with van der Waals surface area (Å²) in [5, 5.41) is 7.51. The Morgan fingerprint density at radius 3 is 1.72 bits per heavy atom. The highest BCUT2D eigenvalue weighted by atomic mass is 14.9. The van der Waals surface area contributed by atoms with E-state index >= 15 is 0 Å². The molecule has 1 aliphatic carbocycles. The van der Waals surface area contributed by atoms with Gasteiger partial charge in [-0.1, -0.05) is 196 Å². The molecule has 0 radical (unpaired) electrons. The van der Waals surface area contributed by atoms with Gasteiger partial charge in [0.2, 0.25) is 0 Å². The Bertz CT molecular complexity index is 3180. The van der Waals surface area contributed by atoms with E-state index in [1.807, 2.05) is 6.07 Å². The van der Waals surface area contributed by atoms with Crippen molar-refractivity contribution in [2.75, 3.05) is 0 Å². The zero-order chi connectivity index (χ0) is 38.1. The molecule has 11 rings (SSSR count). The summed E-state index contributed by atoms with van der Waals surface area (Å²) in [6.45, 7) is 4.70. The molecule has 1 aliphatic rings. The Hall–Kier alpha value is -7.16. The van der Waals surface area contributed by atoms with Gasteiger partial charge in [0.15, 0.2) is 5.82 Å². The van der Waals surface area contributed by atoms with Crippen LogP contribution in [0.15, 0.2) is 194 Å². The standard InChI is InChI=1S/C55H38N2/c1-55(2)48-22-11-10-19-46(48)47-21-12-20-45(53(47)55)36-23-26-38(27-24-36)50-34-49(37-14-4-3-5-15-37)56-54(57-50)40-30-28-39(29-31-40)51-44-18-9-7-16-41(44)33-42-32-25-35-13-6-8-17-43(35)52(42)51/h3-34H,1-2H3. The van der Waals surface area contributed by atoms with Crippen LogP contribution in [-0.4, -0.2) is 9.97 Å². The van der Waals surface area contributed by atoms with Crippen molar-refractivity contribution in [3.63, 3.8) is 0 Å². The lowest BCUT2D eigenvalue weighted by Crippen LogP contribution is -2.16. The first kappa shape index (κ1) is 33.2. The highest BCUT2D eigenvalue weighted by Crippen LogP contribution is 2.52. The van der Waals surface area contributed by atoms with E-state index in [1.54, 1.807) is 0 Å². The SMILES string of the molecule is CC1(C)c2ccccc2-c2cccc(-c3ccc(-c4cc(-c5ccccc5)nc(-c5ccc(-c6c7ccccc7cc7ccc8ccccc8c67)cc5)n4)cc3)c21. The maximum absolute atomic E-state index is 5.24. The summed E-state index contributed by atoms with van der Waals surface area (Å²) >= 11 is 0. The number of benzene rings is 9. The van der Waals surface area contributed by atoms with Gasteiger partial charge in [0, 0.05) is 22.1 Å². The number of fused-ring (bicyclic) bond motifs is 7. The van der Waals surface area contributed by atoms with Gasteiger partial charge >= 0.3 is 0 Å². The Morgan fingerprint density at radius 2 is 0.930 bits per heavy atom. The molecule has 0 bridgehead atoms. The van der Waals surface area contributed by atoms with Crippen LogP contribution in [0.3, 0.4) is 0 Å². The first-order chi connectivity index (χ1) is 28.0. The zero-order valence-corrected chi connectivity index (χ0v) is 31.9. The second-order valence-electron chi connectivity index (χ2n) is 15.7. The van der Waals surface area contributed by atoms with Crippen molar-refractivity contribution in [3.05, 3.63) is 205 Å². The van der Waals surface area contributed by atoms with Crippen LogP contribution in [-0.2, 0) is 5.41 Å². The molecule has 0 unspecified atom stereocenters. The van der Waals surface area contributed by atoms with Crippen molar-refractivity contribution >= 4 is 32.3 Å². The topological polar surface area (TPSA) is 25.8 Å². The Labute approximate surface area is 332 Å². The van der Waals surface area contributed by atoms with Gasteiger partial charge in [-0.3, -0.25) is 0 Å². The minimum atomic E-state index is -0.0859. The molecule has 0 atom stereocenters. The largest absolute Gasteiger partial charge is 0.228 e. The van der Waals surface area contributed by atoms with E-state index in [2.05, 4.69) is 202 Å². The smallest absolute Gasteiger partial charge is 0.160 e. The molecule has 2 heteroatoms. The highest BCUT2D eigenvalue weighted by Gasteiger charge is 2.37. The Morgan fingerprint density at radius 1 is 0.368 bits per heavy atom. The average molecular weight is 727 g/mol. The highest BCUT2D eigenvalue weighted by molar-refractivity contribution is 6.22. The molecule has 268 valence electrons. The normalized spacial score (nSPS) is 12.9. The van der Waals surface area contributed by atoms with Crippen LogP contribution >= 0.6 is 0 Å². The summed E-state index contributed by atoms with van der Waals surface area (Å²) in [6.07, 6.45) is 0. The monoisotopic (exact) mass is 726 g/mol. The first-order valence-electron chi connectivity index (χ1n) is 19.7. The van der Waals surface area contributed by atoms with Crippen LogP contribution in [0.5, 0.6) is 0 Å². The number of aromatic nitrogens is 2. The summed E-state index contributed by atoms with van der Waals surface area (Å²) in [5.41, 5.74) is 15.2. The number of hydrogen-bond acceptors (Lipinski definition) is 2. The van der Waals surface area contributed by atoms with Crippen molar-refractivity contribution < 1.29 is 0 Å². The molecule has 0 saturated heterocycles. The lowest BCUT2D eigenvalue weighted by molar-refractivity contribution is 0.662. The summed E-state index contributed by atoms with van der Waals surface area (Å²) in [7, 11) is 0. The molecule has 57 heavy (non-hydrogen) atoms. The molecule has 10 aromatic rings. The molecule has 0 saturated carbocycles. The van der Waals surface area contributed by atoms with Crippen LogP contribution < -0.4 is 0 Å². The summed E-state index contributed by atoms with van der Waals surface area (Å²) in [6, 6.07) is 70.1. The van der Waals surface area contributed by atoms with Crippen LogP contribution in [0.25, 0.3) is 99.6 Å². The third-order valence-corrected chi connectivity index (χ3v) is 12.1. The summed E-state index contributed by atoms with van der Waals surface area (Å²) < 4.78 is 0. The van der Waals surface area contributed by atoms with Crippen LogP contribution in [0.1, 0.15) is 25.0 Å². The minimum absolute atomic E-state index is 0.0859. The molecule has 1 heterocycles. The lowest BCUT2D eigenvalue weighted by atomic mass is 9.79. The van der Waals surface area contributed by atoms with Crippen molar-refractivity contribution in [1.29, 1.82) is 0 Å². The molecule has 1 aromatic heterocycles. The predicted octanol–water partition coefficient (Wildman–Crippen LogP) is 14.6. The molecular formula is C55H38N2. The zero-order valence-electron chi connectivity index (χ0n) is 31.9. The maximum atomic E-state index is 5.24. The second-order valence-corrected chi connectivity index (χ2v) is 15.7. The van der Waals surface area contributed by atoms with E-state index < -0.39 is 0 Å². The minimum Gasteiger partial charge on any atom is -0.228 e. The van der Waals surface area contributed by atoms with Gasteiger partial charge in [0.25, 0.3) is 0 Å². The Balaban J connectivity index is 1.01. The molecule has 0 amide bonds. The van der Waals surface area contributed by atoms with E-state index in [-0.39, 0.29) is 5.41 Å². The van der Waals surface area contributed by atoms with Crippen LogP contribution in [0.2, 0.25) is 0 Å². The van der Waals surface area contributed by atoms with Gasteiger partial charge in [-0.15, -0.1) is 0 Å². The second kappa shape index (κ2) is 13.0. The van der Waals surface area contributed by atoms with Crippen molar-refractivity contribution in [1.82, 2.24) is 9.97 Å². The van der Waals surface area contributed by atoms with E-state index in [0.29, 0.717) is 5.82 Å². The van der Waals surface area contributed by atoms with Gasteiger partial charge in [0.1, 0.15) is 0 Å². The fourth-order valence-corrected chi connectivity index (χ4v) is 9.32. The third kappa shape index (κ3) is 5.40. The van der Waals surface area contributed by atoms with Crippen molar-refractivity contribution in [2.24, 2.45) is 0 Å². The summed E-state index contributed by atoms with van der Waals surface area (Å²) in [4.78, 5) is 10.4. The number of nitrogens with zero attached hydrogens (tertiary/aromatic N) is 2.